The fraction of sp³-hybridized carbons (Fsp3) is 0.250. The molecule has 4 nitrogen and oxygen atoms in total. The average molecular weight is 298 g/mol. The van der Waals surface area contributed by atoms with E-state index in [9.17, 15) is 0 Å². The molecule has 3 rings (SSSR count). The van der Waals surface area contributed by atoms with Crippen molar-refractivity contribution in [2.75, 3.05) is 6.54 Å². The number of benzene rings is 1. The normalized spacial score (nSPS) is 12.4. The highest BCUT2D eigenvalue weighted by Crippen LogP contribution is 2.20. The molecule has 1 unspecified atom stereocenters. The largest absolute Gasteiger partial charge is 0.308 e. The second kappa shape index (κ2) is 6.65. The molecule has 2 aromatic heterocycles. The Bertz CT molecular complexity index is 661. The first-order chi connectivity index (χ1) is 10.4. The summed E-state index contributed by atoms with van der Waals surface area (Å²) in [6, 6.07) is 14.4. The lowest BCUT2D eigenvalue weighted by atomic mass is 10.1. The van der Waals surface area contributed by atoms with Crippen LogP contribution in [-0.2, 0) is 6.42 Å². The molecule has 0 radical (unpaired) electrons. The summed E-state index contributed by atoms with van der Waals surface area (Å²) >= 11 is 1.78. The molecular formula is C16H18N4S. The molecule has 2 heterocycles. The van der Waals surface area contributed by atoms with Crippen LogP contribution in [-0.4, -0.2) is 21.5 Å². The average Bonchev–Trinajstić information content (AvgIpc) is 3.19. The van der Waals surface area contributed by atoms with Gasteiger partial charge in [-0.25, -0.2) is 0 Å². The number of hydrogen-bond donors (Lipinski definition) is 1. The van der Waals surface area contributed by atoms with Gasteiger partial charge in [-0.1, -0.05) is 31.2 Å². The van der Waals surface area contributed by atoms with Crippen molar-refractivity contribution < 1.29 is 0 Å². The molecule has 3 aromatic rings. The molecule has 1 aromatic carbocycles. The molecular weight excluding hydrogens is 280 g/mol. The molecule has 0 saturated carbocycles. The molecule has 0 amide bonds. The highest BCUT2D eigenvalue weighted by molar-refractivity contribution is 7.09. The molecule has 1 N–H and O–H groups in total. The fourth-order valence-corrected chi connectivity index (χ4v) is 3.03. The van der Waals surface area contributed by atoms with E-state index < -0.39 is 0 Å². The van der Waals surface area contributed by atoms with Crippen molar-refractivity contribution in [2.45, 2.75) is 19.4 Å². The zero-order chi connectivity index (χ0) is 14.5. The van der Waals surface area contributed by atoms with Crippen molar-refractivity contribution >= 4 is 11.3 Å². The smallest absolute Gasteiger partial charge is 0.100 e. The van der Waals surface area contributed by atoms with Gasteiger partial charge >= 0.3 is 0 Å². The van der Waals surface area contributed by atoms with Crippen molar-refractivity contribution in [3.05, 3.63) is 64.6 Å². The Hall–Kier alpha value is -1.98. The van der Waals surface area contributed by atoms with E-state index in [1.807, 2.05) is 36.5 Å². The first kappa shape index (κ1) is 14.0. The standard InChI is InChI=1S/C16H18N4S/c1-2-17-15(11-14-9-6-10-21-14)16-12-18-20(19-16)13-7-4-3-5-8-13/h3-10,12,15,17H,2,11H2,1H3. The number of para-hydroxylation sites is 1. The van der Waals surface area contributed by atoms with Gasteiger partial charge in [0.2, 0.25) is 0 Å². The maximum absolute atomic E-state index is 4.63. The summed E-state index contributed by atoms with van der Waals surface area (Å²) in [6.07, 6.45) is 2.80. The van der Waals surface area contributed by atoms with Crippen LogP contribution < -0.4 is 5.32 Å². The molecule has 0 fully saturated rings. The van der Waals surface area contributed by atoms with Gasteiger partial charge in [0.1, 0.15) is 5.69 Å². The zero-order valence-electron chi connectivity index (χ0n) is 11.9. The molecule has 0 spiro atoms. The van der Waals surface area contributed by atoms with Crippen molar-refractivity contribution in [3.8, 4) is 5.69 Å². The minimum atomic E-state index is 0.200. The molecule has 0 aliphatic rings. The Labute approximate surface area is 128 Å². The van der Waals surface area contributed by atoms with Gasteiger partial charge < -0.3 is 5.32 Å². The predicted octanol–water partition coefficient (Wildman–Crippen LogP) is 3.22. The van der Waals surface area contributed by atoms with Crippen molar-refractivity contribution in [1.29, 1.82) is 0 Å². The lowest BCUT2D eigenvalue weighted by Crippen LogP contribution is -2.23. The number of rotatable bonds is 6. The van der Waals surface area contributed by atoms with E-state index in [0.717, 1.165) is 24.3 Å². The molecule has 5 heteroatoms. The maximum Gasteiger partial charge on any atom is 0.100 e. The van der Waals surface area contributed by atoms with Gasteiger partial charge in [0, 0.05) is 11.3 Å². The van der Waals surface area contributed by atoms with E-state index in [0.29, 0.717) is 0 Å². The van der Waals surface area contributed by atoms with E-state index in [2.05, 4.69) is 40.0 Å². The molecule has 0 bridgehead atoms. The van der Waals surface area contributed by atoms with E-state index in [1.54, 1.807) is 16.1 Å². The summed E-state index contributed by atoms with van der Waals surface area (Å²) in [5.74, 6) is 0. The van der Waals surface area contributed by atoms with Gasteiger partial charge in [0.05, 0.1) is 17.9 Å². The van der Waals surface area contributed by atoms with Crippen LogP contribution >= 0.6 is 11.3 Å². The Morgan fingerprint density at radius 2 is 2.05 bits per heavy atom. The topological polar surface area (TPSA) is 42.7 Å². The Morgan fingerprint density at radius 3 is 2.76 bits per heavy atom. The summed E-state index contributed by atoms with van der Waals surface area (Å²) in [5, 5.41) is 14.6. The highest BCUT2D eigenvalue weighted by atomic mass is 32.1. The number of hydrogen-bond acceptors (Lipinski definition) is 4. The minimum absolute atomic E-state index is 0.200. The molecule has 0 saturated heterocycles. The number of likely N-dealkylation sites (N-methyl/N-ethyl adjacent to an activating group) is 1. The summed E-state index contributed by atoms with van der Waals surface area (Å²) in [6.45, 7) is 3.03. The van der Waals surface area contributed by atoms with Gasteiger partial charge in [0.15, 0.2) is 0 Å². The second-order valence-electron chi connectivity index (χ2n) is 4.79. The lowest BCUT2D eigenvalue weighted by molar-refractivity contribution is 0.534. The highest BCUT2D eigenvalue weighted by Gasteiger charge is 2.16. The summed E-state index contributed by atoms with van der Waals surface area (Å²) in [4.78, 5) is 3.05. The first-order valence-electron chi connectivity index (χ1n) is 7.10. The van der Waals surface area contributed by atoms with Crippen LogP contribution in [0.3, 0.4) is 0 Å². The summed E-state index contributed by atoms with van der Waals surface area (Å²) < 4.78 is 0. The van der Waals surface area contributed by atoms with Crippen molar-refractivity contribution in [3.63, 3.8) is 0 Å². The number of nitrogens with one attached hydrogen (secondary N) is 1. The molecule has 0 aliphatic heterocycles. The van der Waals surface area contributed by atoms with Crippen molar-refractivity contribution in [1.82, 2.24) is 20.3 Å². The van der Waals surface area contributed by atoms with Gasteiger partial charge in [-0.2, -0.15) is 15.0 Å². The molecule has 0 aliphatic carbocycles. The van der Waals surface area contributed by atoms with E-state index in [-0.39, 0.29) is 6.04 Å². The third kappa shape index (κ3) is 3.37. The van der Waals surface area contributed by atoms with E-state index >= 15 is 0 Å². The van der Waals surface area contributed by atoms with Crippen LogP contribution in [0.1, 0.15) is 23.5 Å². The minimum Gasteiger partial charge on any atom is -0.308 e. The molecule has 21 heavy (non-hydrogen) atoms. The number of aromatic nitrogens is 3. The van der Waals surface area contributed by atoms with Crippen LogP contribution in [0.5, 0.6) is 0 Å². The second-order valence-corrected chi connectivity index (χ2v) is 5.82. The van der Waals surface area contributed by atoms with Crippen LogP contribution in [0.4, 0.5) is 0 Å². The van der Waals surface area contributed by atoms with Gasteiger partial charge in [-0.3, -0.25) is 0 Å². The quantitative estimate of drug-likeness (QED) is 0.760. The Kier molecular flexibility index (Phi) is 4.43. The van der Waals surface area contributed by atoms with Gasteiger partial charge in [0.25, 0.3) is 0 Å². The Morgan fingerprint density at radius 1 is 1.19 bits per heavy atom. The Balaban J connectivity index is 1.81. The maximum atomic E-state index is 4.63. The predicted molar refractivity (Wildman–Crippen MR) is 85.8 cm³/mol. The fourth-order valence-electron chi connectivity index (χ4n) is 2.28. The third-order valence-corrected chi connectivity index (χ3v) is 4.19. The van der Waals surface area contributed by atoms with Gasteiger partial charge in [-0.15, -0.1) is 11.3 Å². The van der Waals surface area contributed by atoms with E-state index in [4.69, 9.17) is 0 Å². The number of nitrogens with zero attached hydrogens (tertiary/aromatic N) is 3. The van der Waals surface area contributed by atoms with Crippen LogP contribution in [0.15, 0.2) is 54.0 Å². The molecule has 108 valence electrons. The SMILES string of the molecule is CCNC(Cc1cccs1)c1cnn(-c2ccccc2)n1. The van der Waals surface area contributed by atoms with Crippen molar-refractivity contribution in [2.24, 2.45) is 0 Å². The lowest BCUT2D eigenvalue weighted by Gasteiger charge is -2.14. The van der Waals surface area contributed by atoms with Crippen LogP contribution in [0, 0.1) is 0 Å². The summed E-state index contributed by atoms with van der Waals surface area (Å²) in [7, 11) is 0. The van der Waals surface area contributed by atoms with Crippen LogP contribution in [0.2, 0.25) is 0 Å². The summed E-state index contributed by atoms with van der Waals surface area (Å²) in [5.41, 5.74) is 1.96. The first-order valence-corrected chi connectivity index (χ1v) is 7.98. The monoisotopic (exact) mass is 298 g/mol. The molecule has 1 atom stereocenters. The zero-order valence-corrected chi connectivity index (χ0v) is 12.8. The van der Waals surface area contributed by atoms with Crippen LogP contribution in [0.25, 0.3) is 5.69 Å². The van der Waals surface area contributed by atoms with Gasteiger partial charge in [-0.05, 0) is 30.1 Å². The third-order valence-electron chi connectivity index (χ3n) is 3.29. The van der Waals surface area contributed by atoms with E-state index in [1.165, 1.54) is 4.88 Å². The number of thiophene rings is 1.